The first kappa shape index (κ1) is 20.5. The van der Waals surface area contributed by atoms with Crippen molar-refractivity contribution < 1.29 is 13.2 Å². The van der Waals surface area contributed by atoms with Crippen LogP contribution in [0, 0.1) is 5.92 Å². The lowest BCUT2D eigenvalue weighted by Crippen LogP contribution is -2.30. The van der Waals surface area contributed by atoms with Gasteiger partial charge in [-0.3, -0.25) is 10.1 Å². The average molecular weight is 397 g/mol. The van der Waals surface area contributed by atoms with Crippen LogP contribution in [0.4, 0.5) is 5.13 Å². The number of anilines is 1. The van der Waals surface area contributed by atoms with Gasteiger partial charge in [0.15, 0.2) is 0 Å². The lowest BCUT2D eigenvalue weighted by Gasteiger charge is -2.18. The maximum Gasteiger partial charge on any atom is 0.257 e. The van der Waals surface area contributed by atoms with Gasteiger partial charge in [-0.15, -0.1) is 10.2 Å². The molecule has 0 unspecified atom stereocenters. The summed E-state index contributed by atoms with van der Waals surface area (Å²) in [5, 5.41) is 12.0. The first-order valence-corrected chi connectivity index (χ1v) is 10.8. The molecule has 0 saturated carbocycles. The minimum absolute atomic E-state index is 0.174. The van der Waals surface area contributed by atoms with Crippen LogP contribution in [0.3, 0.4) is 0 Å². The number of benzene rings is 1. The topological polar surface area (TPSA) is 92.3 Å². The first-order chi connectivity index (χ1) is 12.3. The molecule has 142 valence electrons. The molecule has 7 nitrogen and oxygen atoms in total. The number of sulfonamides is 1. The Bertz CT molecular complexity index is 841. The number of amides is 1. The summed E-state index contributed by atoms with van der Waals surface area (Å²) in [5.74, 6) is 0.121. The maximum atomic E-state index is 12.5. The zero-order valence-corrected chi connectivity index (χ0v) is 17.0. The molecule has 2 aromatic rings. The summed E-state index contributed by atoms with van der Waals surface area (Å²) >= 11 is 1.34. The number of rotatable bonds is 8. The smallest absolute Gasteiger partial charge is 0.257 e. The van der Waals surface area contributed by atoms with E-state index in [0.29, 0.717) is 29.7 Å². The van der Waals surface area contributed by atoms with E-state index in [9.17, 15) is 13.2 Å². The fraction of sp³-hybridized carbons (Fsp3) is 0.471. The molecule has 0 aliphatic rings. The van der Waals surface area contributed by atoms with Crippen molar-refractivity contribution in [1.29, 1.82) is 0 Å². The second-order valence-electron chi connectivity index (χ2n) is 6.17. The Kier molecular flexibility index (Phi) is 6.85. The molecule has 0 bridgehead atoms. The Morgan fingerprint density at radius 2 is 1.77 bits per heavy atom. The minimum Gasteiger partial charge on any atom is -0.296 e. The third kappa shape index (κ3) is 4.87. The summed E-state index contributed by atoms with van der Waals surface area (Å²) in [4.78, 5) is 12.5. The van der Waals surface area contributed by atoms with Crippen molar-refractivity contribution >= 4 is 32.4 Å². The Labute approximate surface area is 158 Å². The normalized spacial score (nSPS) is 11.9. The lowest BCUT2D eigenvalue weighted by atomic mass is 10.1. The van der Waals surface area contributed by atoms with E-state index in [1.54, 1.807) is 13.8 Å². The molecule has 1 aromatic carbocycles. The van der Waals surface area contributed by atoms with Crippen molar-refractivity contribution in [2.45, 2.75) is 39.0 Å². The third-order valence-electron chi connectivity index (χ3n) is 3.73. The van der Waals surface area contributed by atoms with Gasteiger partial charge in [-0.25, -0.2) is 8.42 Å². The Morgan fingerprint density at radius 1 is 1.15 bits per heavy atom. The van der Waals surface area contributed by atoms with E-state index in [1.165, 1.54) is 39.9 Å². The van der Waals surface area contributed by atoms with E-state index in [1.807, 2.05) is 0 Å². The zero-order chi connectivity index (χ0) is 19.3. The van der Waals surface area contributed by atoms with Gasteiger partial charge in [0, 0.05) is 25.1 Å². The molecule has 0 fully saturated rings. The molecule has 0 aliphatic heterocycles. The van der Waals surface area contributed by atoms with Crippen LogP contribution in [0.25, 0.3) is 0 Å². The SMILES string of the molecule is CCN(CC)S(=O)(=O)c1ccc(C(=O)Nc2nnc(CC(C)C)s2)cc1. The van der Waals surface area contributed by atoms with Gasteiger partial charge in [-0.05, 0) is 30.2 Å². The second-order valence-corrected chi connectivity index (χ2v) is 9.17. The van der Waals surface area contributed by atoms with Gasteiger partial charge < -0.3 is 0 Å². The van der Waals surface area contributed by atoms with E-state index in [-0.39, 0.29) is 10.8 Å². The molecular formula is C17H24N4O3S2. The zero-order valence-electron chi connectivity index (χ0n) is 15.4. The number of nitrogens with zero attached hydrogens (tertiary/aromatic N) is 3. The summed E-state index contributed by atoms with van der Waals surface area (Å²) < 4.78 is 26.3. The van der Waals surface area contributed by atoms with E-state index in [0.717, 1.165) is 11.4 Å². The molecule has 2 rings (SSSR count). The van der Waals surface area contributed by atoms with Gasteiger partial charge in [-0.2, -0.15) is 4.31 Å². The van der Waals surface area contributed by atoms with Gasteiger partial charge in [0.25, 0.3) is 5.91 Å². The number of hydrogen-bond acceptors (Lipinski definition) is 6. The summed E-state index contributed by atoms with van der Waals surface area (Å²) in [7, 11) is -3.53. The highest BCUT2D eigenvalue weighted by Crippen LogP contribution is 2.20. The number of nitrogens with one attached hydrogen (secondary N) is 1. The van der Waals surface area contributed by atoms with Crippen molar-refractivity contribution in [1.82, 2.24) is 14.5 Å². The van der Waals surface area contributed by atoms with Crippen LogP contribution >= 0.6 is 11.3 Å². The fourth-order valence-corrected chi connectivity index (χ4v) is 4.80. The highest BCUT2D eigenvalue weighted by molar-refractivity contribution is 7.89. The summed E-state index contributed by atoms with van der Waals surface area (Å²) in [6.07, 6.45) is 0.811. The molecule has 0 saturated heterocycles. The molecule has 1 N–H and O–H groups in total. The minimum atomic E-state index is -3.53. The highest BCUT2D eigenvalue weighted by Gasteiger charge is 2.21. The van der Waals surface area contributed by atoms with Crippen molar-refractivity contribution in [3.05, 3.63) is 34.8 Å². The number of aromatic nitrogens is 2. The van der Waals surface area contributed by atoms with E-state index in [4.69, 9.17) is 0 Å². The monoisotopic (exact) mass is 396 g/mol. The van der Waals surface area contributed by atoms with Gasteiger partial charge in [0.2, 0.25) is 15.2 Å². The molecule has 0 spiro atoms. The summed E-state index contributed by atoms with van der Waals surface area (Å²) in [5.41, 5.74) is 0.365. The van der Waals surface area contributed by atoms with Crippen LogP contribution in [0.15, 0.2) is 29.2 Å². The van der Waals surface area contributed by atoms with E-state index >= 15 is 0 Å². The standard InChI is InChI=1S/C17H24N4O3S2/c1-5-21(6-2)26(23,24)14-9-7-13(8-10-14)16(22)18-17-20-19-15(25-17)11-12(3)4/h7-10,12H,5-6,11H2,1-4H3,(H,18,20,22). The van der Waals surface area contributed by atoms with E-state index in [2.05, 4.69) is 29.4 Å². The molecular weight excluding hydrogens is 372 g/mol. The molecule has 1 heterocycles. The predicted octanol–water partition coefficient (Wildman–Crippen LogP) is 3.02. The summed E-state index contributed by atoms with van der Waals surface area (Å²) in [6, 6.07) is 5.91. The Hall–Kier alpha value is -1.84. The van der Waals surface area contributed by atoms with Crippen LogP contribution in [0.2, 0.25) is 0 Å². The summed E-state index contributed by atoms with van der Waals surface area (Å²) in [6.45, 7) is 8.56. The maximum absolute atomic E-state index is 12.5. The van der Waals surface area contributed by atoms with Crippen molar-refractivity contribution in [3.8, 4) is 0 Å². The van der Waals surface area contributed by atoms with Crippen LogP contribution in [0.1, 0.15) is 43.1 Å². The van der Waals surface area contributed by atoms with Crippen LogP contribution in [-0.4, -0.2) is 41.9 Å². The largest absolute Gasteiger partial charge is 0.296 e. The van der Waals surface area contributed by atoms with Gasteiger partial charge in [0.1, 0.15) is 5.01 Å². The number of carbonyl (C=O) groups excluding carboxylic acids is 1. The van der Waals surface area contributed by atoms with E-state index < -0.39 is 10.0 Å². The van der Waals surface area contributed by atoms with Gasteiger partial charge in [0.05, 0.1) is 4.90 Å². The molecule has 26 heavy (non-hydrogen) atoms. The van der Waals surface area contributed by atoms with Gasteiger partial charge >= 0.3 is 0 Å². The first-order valence-electron chi connectivity index (χ1n) is 8.51. The molecule has 0 radical (unpaired) electrons. The van der Waals surface area contributed by atoms with Crippen molar-refractivity contribution in [3.63, 3.8) is 0 Å². The molecule has 1 aromatic heterocycles. The van der Waals surface area contributed by atoms with Crippen LogP contribution in [0.5, 0.6) is 0 Å². The van der Waals surface area contributed by atoms with Crippen molar-refractivity contribution in [2.24, 2.45) is 5.92 Å². The number of hydrogen-bond donors (Lipinski definition) is 1. The highest BCUT2D eigenvalue weighted by atomic mass is 32.2. The fourth-order valence-electron chi connectivity index (χ4n) is 2.40. The average Bonchev–Trinajstić information content (AvgIpc) is 3.02. The molecule has 9 heteroatoms. The Morgan fingerprint density at radius 3 is 2.31 bits per heavy atom. The molecule has 0 atom stereocenters. The molecule has 1 amide bonds. The lowest BCUT2D eigenvalue weighted by molar-refractivity contribution is 0.102. The molecule has 0 aliphatic carbocycles. The quantitative estimate of drug-likeness (QED) is 0.740. The third-order valence-corrected chi connectivity index (χ3v) is 6.65. The van der Waals surface area contributed by atoms with Gasteiger partial charge in [-0.1, -0.05) is 39.0 Å². The Balaban J connectivity index is 2.10. The number of carbonyl (C=O) groups is 1. The second kappa shape index (κ2) is 8.70. The van der Waals surface area contributed by atoms with Crippen LogP contribution < -0.4 is 5.32 Å². The predicted molar refractivity (Wildman–Crippen MR) is 103 cm³/mol. The van der Waals surface area contributed by atoms with Crippen molar-refractivity contribution in [2.75, 3.05) is 18.4 Å². The van der Waals surface area contributed by atoms with Crippen LogP contribution in [-0.2, 0) is 16.4 Å².